The Labute approximate surface area is 156 Å². The highest BCUT2D eigenvalue weighted by Crippen LogP contribution is 2.52. The maximum atomic E-state index is 13.0. The number of rotatable bonds is 2. The number of Topliss-reactive ketones (excluding diaryl/α,β-unsaturated/α-hetero) is 1. The van der Waals surface area contributed by atoms with Crippen LogP contribution in [0.15, 0.2) is 18.2 Å². The van der Waals surface area contributed by atoms with Crippen LogP contribution in [-0.2, 0) is 19.8 Å². The summed E-state index contributed by atoms with van der Waals surface area (Å²) in [6.07, 6.45) is 1.80. The quantitative estimate of drug-likeness (QED) is 0.453. The lowest BCUT2D eigenvalue weighted by Crippen LogP contribution is -2.46. The van der Waals surface area contributed by atoms with Gasteiger partial charge in [-0.15, -0.1) is 0 Å². The SMILES string of the molecule is CC(C)(C)c1ccc(N2C(=O)[C@H]3[C@@H]4CC[C@@H](C(=O)C4)[C@H]3C2=O)cc1[N+](=O)[O-]. The summed E-state index contributed by atoms with van der Waals surface area (Å²) < 4.78 is 0. The van der Waals surface area contributed by atoms with Crippen molar-refractivity contribution in [1.29, 1.82) is 0 Å². The molecule has 3 aliphatic carbocycles. The average Bonchev–Trinajstić information content (AvgIpc) is 2.87. The number of benzene rings is 1. The molecule has 1 aliphatic heterocycles. The predicted molar refractivity (Wildman–Crippen MR) is 97.1 cm³/mol. The van der Waals surface area contributed by atoms with Gasteiger partial charge in [-0.3, -0.25) is 24.5 Å². The number of nitro groups is 1. The summed E-state index contributed by atoms with van der Waals surface area (Å²) in [6.45, 7) is 5.62. The molecule has 2 bridgehead atoms. The van der Waals surface area contributed by atoms with Crippen LogP contribution in [0.1, 0.15) is 45.6 Å². The smallest absolute Gasteiger partial charge is 0.275 e. The van der Waals surface area contributed by atoms with Crippen LogP contribution < -0.4 is 4.90 Å². The summed E-state index contributed by atoms with van der Waals surface area (Å²) in [5, 5.41) is 11.6. The van der Waals surface area contributed by atoms with Gasteiger partial charge in [0.15, 0.2) is 0 Å². The van der Waals surface area contributed by atoms with Crippen LogP contribution >= 0.6 is 0 Å². The summed E-state index contributed by atoms with van der Waals surface area (Å²) in [4.78, 5) is 50.5. The number of ketones is 1. The molecule has 1 aromatic carbocycles. The van der Waals surface area contributed by atoms with Crippen LogP contribution in [0.3, 0.4) is 0 Å². The van der Waals surface area contributed by atoms with Crippen LogP contribution in [0.5, 0.6) is 0 Å². The molecular weight excluding hydrogens is 348 g/mol. The maximum absolute atomic E-state index is 13.0. The second kappa shape index (κ2) is 5.71. The number of nitrogens with zero attached hydrogens (tertiary/aromatic N) is 2. The molecule has 5 rings (SSSR count). The largest absolute Gasteiger partial charge is 0.299 e. The highest BCUT2D eigenvalue weighted by atomic mass is 16.6. The normalized spacial score (nSPS) is 30.0. The van der Waals surface area contributed by atoms with Gasteiger partial charge in [-0.1, -0.05) is 20.8 Å². The van der Waals surface area contributed by atoms with Crippen molar-refractivity contribution in [2.24, 2.45) is 23.7 Å². The predicted octanol–water partition coefficient (Wildman–Crippen LogP) is 3.00. The van der Waals surface area contributed by atoms with Crippen LogP contribution in [-0.4, -0.2) is 22.5 Å². The van der Waals surface area contributed by atoms with Gasteiger partial charge >= 0.3 is 0 Å². The first-order chi connectivity index (χ1) is 12.6. The van der Waals surface area contributed by atoms with E-state index in [0.717, 1.165) is 11.3 Å². The molecule has 0 radical (unpaired) electrons. The van der Waals surface area contributed by atoms with Gasteiger partial charge in [0, 0.05) is 24.0 Å². The number of hydrogen-bond donors (Lipinski definition) is 0. The van der Waals surface area contributed by atoms with Gasteiger partial charge < -0.3 is 0 Å². The Kier molecular flexibility index (Phi) is 3.77. The number of nitro benzene ring substituents is 1. The molecule has 0 spiro atoms. The molecule has 0 N–H and O–H groups in total. The van der Waals surface area contributed by atoms with Crippen LogP contribution in [0.25, 0.3) is 0 Å². The van der Waals surface area contributed by atoms with Crippen molar-refractivity contribution in [2.45, 2.75) is 45.4 Å². The minimum Gasteiger partial charge on any atom is -0.299 e. The first-order valence-corrected chi connectivity index (χ1v) is 9.30. The third-order valence-electron chi connectivity index (χ3n) is 6.31. The fraction of sp³-hybridized carbons (Fsp3) is 0.550. The molecule has 27 heavy (non-hydrogen) atoms. The fourth-order valence-corrected chi connectivity index (χ4v) is 5.08. The average molecular weight is 370 g/mol. The monoisotopic (exact) mass is 370 g/mol. The topological polar surface area (TPSA) is 97.6 Å². The minimum atomic E-state index is -0.598. The van der Waals surface area contributed by atoms with E-state index in [4.69, 9.17) is 0 Å². The van der Waals surface area contributed by atoms with E-state index in [-0.39, 0.29) is 40.8 Å². The van der Waals surface area contributed by atoms with E-state index >= 15 is 0 Å². The van der Waals surface area contributed by atoms with Gasteiger partial charge in [0.05, 0.1) is 22.4 Å². The zero-order valence-corrected chi connectivity index (χ0v) is 15.6. The van der Waals surface area contributed by atoms with Crippen molar-refractivity contribution in [3.63, 3.8) is 0 Å². The van der Waals surface area contributed by atoms with E-state index in [1.807, 2.05) is 20.8 Å². The number of anilines is 1. The van der Waals surface area contributed by atoms with Crippen LogP contribution in [0.2, 0.25) is 0 Å². The fourth-order valence-electron chi connectivity index (χ4n) is 5.08. The molecule has 1 aromatic rings. The van der Waals surface area contributed by atoms with E-state index < -0.39 is 22.2 Å². The summed E-state index contributed by atoms with van der Waals surface area (Å²) in [7, 11) is 0. The molecule has 4 aliphatic rings. The lowest BCUT2D eigenvalue weighted by Gasteiger charge is -2.41. The first kappa shape index (κ1) is 17.8. The third kappa shape index (κ3) is 2.51. The lowest BCUT2D eigenvalue weighted by atomic mass is 9.59. The molecule has 3 saturated carbocycles. The standard InChI is InChI=1S/C20H22N2O5/c1-20(2,3)13-7-5-11(9-14(13)22(26)27)21-18(24)16-10-4-6-12(15(23)8-10)17(16)19(21)25/h5,7,9-10,12,16-17H,4,6,8H2,1-3H3/t10-,12+,16+,17-/m1/s1. The van der Waals surface area contributed by atoms with E-state index in [1.54, 1.807) is 12.1 Å². The molecule has 4 fully saturated rings. The van der Waals surface area contributed by atoms with Crippen molar-refractivity contribution in [2.75, 3.05) is 4.90 Å². The summed E-state index contributed by atoms with van der Waals surface area (Å²) in [5.74, 6) is -2.16. The second-order valence-corrected chi connectivity index (χ2v) is 8.89. The molecule has 142 valence electrons. The molecule has 2 amide bonds. The number of amides is 2. The Bertz CT molecular complexity index is 885. The number of imide groups is 1. The molecular formula is C20H22N2O5. The van der Waals surface area contributed by atoms with Gasteiger partial charge in [0.25, 0.3) is 5.69 Å². The van der Waals surface area contributed by atoms with E-state index in [2.05, 4.69) is 0 Å². The molecule has 7 heteroatoms. The van der Waals surface area contributed by atoms with Gasteiger partial charge in [-0.25, -0.2) is 4.90 Å². The number of fused-ring (bicyclic) bond motifs is 2. The lowest BCUT2D eigenvalue weighted by molar-refractivity contribution is -0.385. The van der Waals surface area contributed by atoms with Crippen LogP contribution in [0.4, 0.5) is 11.4 Å². The van der Waals surface area contributed by atoms with Crippen molar-refractivity contribution in [3.05, 3.63) is 33.9 Å². The Morgan fingerprint density at radius 3 is 2.33 bits per heavy atom. The third-order valence-corrected chi connectivity index (χ3v) is 6.31. The van der Waals surface area contributed by atoms with Gasteiger partial charge in [0.2, 0.25) is 11.8 Å². The molecule has 0 unspecified atom stereocenters. The molecule has 4 atom stereocenters. The minimum absolute atomic E-state index is 0.0737. The zero-order valence-electron chi connectivity index (χ0n) is 15.6. The van der Waals surface area contributed by atoms with E-state index in [1.165, 1.54) is 6.07 Å². The Balaban J connectivity index is 1.77. The number of carbonyl (C=O) groups is 3. The Morgan fingerprint density at radius 2 is 1.74 bits per heavy atom. The molecule has 1 saturated heterocycles. The number of carbonyl (C=O) groups excluding carboxylic acids is 3. The zero-order chi connectivity index (χ0) is 19.7. The summed E-state index contributed by atoms with van der Waals surface area (Å²) in [6, 6.07) is 4.54. The van der Waals surface area contributed by atoms with Gasteiger partial charge in [-0.05, 0) is 36.3 Å². The maximum Gasteiger partial charge on any atom is 0.275 e. The Morgan fingerprint density at radius 1 is 1.07 bits per heavy atom. The van der Waals surface area contributed by atoms with Crippen molar-refractivity contribution in [3.8, 4) is 0 Å². The highest BCUT2D eigenvalue weighted by molar-refractivity contribution is 6.23. The van der Waals surface area contributed by atoms with E-state index in [0.29, 0.717) is 18.4 Å². The second-order valence-electron chi connectivity index (χ2n) is 8.89. The first-order valence-electron chi connectivity index (χ1n) is 9.30. The molecule has 0 aromatic heterocycles. The molecule has 1 heterocycles. The van der Waals surface area contributed by atoms with Crippen molar-refractivity contribution < 1.29 is 19.3 Å². The van der Waals surface area contributed by atoms with Gasteiger partial charge in [0.1, 0.15) is 5.78 Å². The van der Waals surface area contributed by atoms with Gasteiger partial charge in [-0.2, -0.15) is 0 Å². The highest BCUT2D eigenvalue weighted by Gasteiger charge is 2.61. The van der Waals surface area contributed by atoms with Crippen molar-refractivity contribution >= 4 is 29.0 Å². The van der Waals surface area contributed by atoms with E-state index in [9.17, 15) is 24.5 Å². The summed E-state index contributed by atoms with van der Waals surface area (Å²) in [5.41, 5.74) is 0.225. The van der Waals surface area contributed by atoms with Crippen molar-refractivity contribution in [1.82, 2.24) is 0 Å². The molecule has 7 nitrogen and oxygen atoms in total. The number of hydrogen-bond acceptors (Lipinski definition) is 5. The Hall–Kier alpha value is -2.57. The summed E-state index contributed by atoms with van der Waals surface area (Å²) >= 11 is 0. The van der Waals surface area contributed by atoms with Crippen LogP contribution in [0, 0.1) is 33.8 Å².